The zero-order valence-electron chi connectivity index (χ0n) is 10.1. The third kappa shape index (κ3) is 3.96. The predicted molar refractivity (Wildman–Crippen MR) is 90.7 cm³/mol. The molecule has 3 nitrogen and oxygen atoms in total. The molecule has 1 aromatic carbocycles. The van der Waals surface area contributed by atoms with Gasteiger partial charge in [-0.2, -0.15) is 0 Å². The normalized spacial score (nSPS) is 16.4. The molecule has 1 fully saturated rings. The van der Waals surface area contributed by atoms with Gasteiger partial charge in [0.2, 0.25) is 0 Å². The summed E-state index contributed by atoms with van der Waals surface area (Å²) in [5, 5.41) is 4.76. The molecule has 0 aliphatic carbocycles. The minimum atomic E-state index is 0.389. The number of nitrogens with one attached hydrogen (secondary N) is 1. The molecule has 0 radical (unpaired) electrons. The number of thioether (sulfide) groups is 1. The predicted octanol–water partition coefficient (Wildman–Crippen LogP) is 3.18. The van der Waals surface area contributed by atoms with Crippen LogP contribution in [0.1, 0.15) is 0 Å². The van der Waals surface area contributed by atoms with Crippen molar-refractivity contribution in [2.24, 2.45) is 4.99 Å². The van der Waals surface area contributed by atoms with Crippen LogP contribution in [0.2, 0.25) is 0 Å². The number of hydrogen-bond donors (Lipinski definition) is 1. The van der Waals surface area contributed by atoms with E-state index < -0.39 is 0 Å². The average molecular weight is 354 g/mol. The summed E-state index contributed by atoms with van der Waals surface area (Å²) in [7, 11) is 0. The first-order chi connectivity index (χ1) is 9.20. The van der Waals surface area contributed by atoms with Crippen LogP contribution in [-0.4, -0.2) is 34.0 Å². The second kappa shape index (κ2) is 6.94. The number of benzene rings is 1. The first-order valence-corrected chi connectivity index (χ1v) is 7.84. The number of aliphatic imine (C=N–C) groups is 1. The molecule has 6 heteroatoms. The molecule has 98 valence electrons. The van der Waals surface area contributed by atoms with Crippen molar-refractivity contribution in [3.05, 3.63) is 28.7 Å². The molecule has 0 atom stereocenters. The Bertz CT molecular complexity index is 534. The lowest BCUT2D eigenvalue weighted by molar-refractivity contribution is 0.685. The fourth-order valence-corrected chi connectivity index (χ4v) is 3.13. The zero-order chi connectivity index (χ0) is 13.7. The van der Waals surface area contributed by atoms with Gasteiger partial charge in [-0.1, -0.05) is 33.6 Å². The molecule has 1 N–H and O–H groups in total. The number of rotatable bonds is 2. The van der Waals surface area contributed by atoms with Crippen molar-refractivity contribution < 1.29 is 0 Å². The van der Waals surface area contributed by atoms with Crippen LogP contribution < -0.4 is 5.32 Å². The van der Waals surface area contributed by atoms with Gasteiger partial charge in [-0.3, -0.25) is 4.90 Å². The van der Waals surface area contributed by atoms with Crippen LogP contribution in [0.4, 0.5) is 5.69 Å². The van der Waals surface area contributed by atoms with Gasteiger partial charge in [0, 0.05) is 22.5 Å². The number of nitrogens with zero attached hydrogens (tertiary/aromatic N) is 2. The van der Waals surface area contributed by atoms with Gasteiger partial charge < -0.3 is 5.32 Å². The number of anilines is 1. The van der Waals surface area contributed by atoms with Crippen LogP contribution in [-0.2, 0) is 0 Å². The van der Waals surface area contributed by atoms with Gasteiger partial charge in [-0.25, -0.2) is 4.99 Å². The number of halogens is 1. The van der Waals surface area contributed by atoms with E-state index >= 15 is 0 Å². The van der Waals surface area contributed by atoms with Crippen LogP contribution in [0.5, 0.6) is 0 Å². The Morgan fingerprint density at radius 3 is 2.95 bits per heavy atom. The zero-order valence-corrected chi connectivity index (χ0v) is 13.3. The number of hydrogen-bond acceptors (Lipinski definition) is 3. The van der Waals surface area contributed by atoms with Crippen molar-refractivity contribution in [2.75, 3.05) is 24.2 Å². The summed E-state index contributed by atoms with van der Waals surface area (Å²) < 4.78 is 1.04. The van der Waals surface area contributed by atoms with Crippen LogP contribution >= 0.6 is 39.9 Å². The van der Waals surface area contributed by atoms with Crippen molar-refractivity contribution in [3.63, 3.8) is 0 Å². The smallest absolute Gasteiger partial charge is 0.179 e. The van der Waals surface area contributed by atoms with Gasteiger partial charge in [0.1, 0.15) is 6.54 Å². The summed E-state index contributed by atoms with van der Waals surface area (Å²) in [5.74, 6) is 3.49. The summed E-state index contributed by atoms with van der Waals surface area (Å²) >= 11 is 10.5. The highest BCUT2D eigenvalue weighted by Crippen LogP contribution is 2.20. The number of thiocarbonyl (C=S) groups is 1. The standard InChI is InChI=1S/C13H12BrN3S2/c1-2-7-15-13-17(8-9-19-13)12(18)16-11-5-3-10(14)4-6-11/h1,3-6H,7-9H2,(H,16,18). The highest BCUT2D eigenvalue weighted by Gasteiger charge is 2.22. The van der Waals surface area contributed by atoms with E-state index in [2.05, 4.69) is 32.2 Å². The van der Waals surface area contributed by atoms with E-state index in [1.165, 1.54) is 0 Å². The maximum Gasteiger partial charge on any atom is 0.179 e. The van der Waals surface area contributed by atoms with E-state index in [9.17, 15) is 0 Å². The topological polar surface area (TPSA) is 27.6 Å². The molecule has 0 saturated carbocycles. The average Bonchev–Trinajstić information content (AvgIpc) is 2.87. The Hall–Kier alpha value is -1.03. The third-order valence-corrected chi connectivity index (χ3v) is 4.27. The van der Waals surface area contributed by atoms with Crippen LogP contribution in [0.3, 0.4) is 0 Å². The van der Waals surface area contributed by atoms with Gasteiger partial charge in [-0.05, 0) is 36.5 Å². The highest BCUT2D eigenvalue weighted by atomic mass is 79.9. The van der Waals surface area contributed by atoms with Crippen LogP contribution in [0, 0.1) is 12.3 Å². The fraction of sp³-hybridized carbons (Fsp3) is 0.231. The van der Waals surface area contributed by atoms with E-state index in [1.54, 1.807) is 11.8 Å². The minimum Gasteiger partial charge on any atom is -0.332 e. The van der Waals surface area contributed by atoms with Crippen LogP contribution in [0.15, 0.2) is 33.7 Å². The third-order valence-electron chi connectivity index (χ3n) is 2.42. The van der Waals surface area contributed by atoms with E-state index in [0.717, 1.165) is 27.6 Å². The SMILES string of the molecule is C#CCN=C1SCCN1C(=S)Nc1ccc(Br)cc1. The quantitative estimate of drug-likeness (QED) is 0.652. The van der Waals surface area contributed by atoms with Gasteiger partial charge in [0.05, 0.1) is 0 Å². The Balaban J connectivity index is 2.03. The van der Waals surface area contributed by atoms with Gasteiger partial charge in [0.15, 0.2) is 10.3 Å². The highest BCUT2D eigenvalue weighted by molar-refractivity contribution is 9.10. The molecular formula is C13H12BrN3S2. The fourth-order valence-electron chi connectivity index (χ4n) is 1.56. The molecule has 1 aliphatic heterocycles. The van der Waals surface area contributed by atoms with Crippen molar-refractivity contribution in [2.45, 2.75) is 0 Å². The largest absolute Gasteiger partial charge is 0.332 e. The van der Waals surface area contributed by atoms with Crippen molar-refractivity contribution >= 4 is 55.9 Å². The lowest BCUT2D eigenvalue weighted by Gasteiger charge is -2.19. The van der Waals surface area contributed by atoms with E-state index in [1.807, 2.05) is 29.2 Å². The maximum atomic E-state index is 5.41. The monoisotopic (exact) mass is 353 g/mol. The van der Waals surface area contributed by atoms with Gasteiger partial charge in [0.25, 0.3) is 0 Å². The molecule has 19 heavy (non-hydrogen) atoms. The molecule has 0 bridgehead atoms. The van der Waals surface area contributed by atoms with Gasteiger partial charge in [-0.15, -0.1) is 6.42 Å². The van der Waals surface area contributed by atoms with Crippen molar-refractivity contribution in [1.29, 1.82) is 0 Å². The van der Waals surface area contributed by atoms with Crippen molar-refractivity contribution in [3.8, 4) is 12.3 Å². The molecule has 0 spiro atoms. The number of amidine groups is 1. The molecule has 0 unspecified atom stereocenters. The molecule has 0 aromatic heterocycles. The second-order valence-corrected chi connectivity index (χ2v) is 6.10. The summed E-state index contributed by atoms with van der Waals surface area (Å²) in [6, 6.07) is 7.88. The van der Waals surface area contributed by atoms with E-state index in [-0.39, 0.29) is 0 Å². The number of terminal acetylenes is 1. The lowest BCUT2D eigenvalue weighted by atomic mass is 10.3. The summed E-state index contributed by atoms with van der Waals surface area (Å²) in [5.41, 5.74) is 0.960. The molecular weight excluding hydrogens is 342 g/mol. The first kappa shape index (κ1) is 14.4. The van der Waals surface area contributed by atoms with E-state index in [0.29, 0.717) is 11.7 Å². The lowest BCUT2D eigenvalue weighted by Crippen LogP contribution is -2.35. The van der Waals surface area contributed by atoms with E-state index in [4.69, 9.17) is 18.6 Å². The van der Waals surface area contributed by atoms with Crippen LogP contribution in [0.25, 0.3) is 0 Å². The molecule has 1 heterocycles. The van der Waals surface area contributed by atoms with Gasteiger partial charge >= 0.3 is 0 Å². The molecule has 1 aromatic rings. The summed E-state index contributed by atoms with van der Waals surface area (Å²) in [4.78, 5) is 6.32. The van der Waals surface area contributed by atoms with Crippen molar-refractivity contribution in [1.82, 2.24) is 4.90 Å². The summed E-state index contributed by atoms with van der Waals surface area (Å²) in [6.07, 6.45) is 5.23. The first-order valence-electron chi connectivity index (χ1n) is 5.65. The maximum absolute atomic E-state index is 5.41. The summed E-state index contributed by atoms with van der Waals surface area (Å²) in [6.45, 7) is 1.25. The Morgan fingerprint density at radius 2 is 2.26 bits per heavy atom. The second-order valence-electron chi connectivity index (χ2n) is 3.74. The molecule has 1 saturated heterocycles. The Morgan fingerprint density at radius 1 is 1.53 bits per heavy atom. The molecule has 0 amide bonds. The Kier molecular flexibility index (Phi) is 5.25. The minimum absolute atomic E-state index is 0.389. The molecule has 2 rings (SSSR count). The molecule has 1 aliphatic rings. The Labute approximate surface area is 131 Å².